The van der Waals surface area contributed by atoms with Crippen molar-refractivity contribution in [2.45, 2.75) is 23.8 Å². The Hall–Kier alpha value is -1.64. The van der Waals surface area contributed by atoms with Crippen molar-refractivity contribution in [1.29, 1.82) is 0 Å². The van der Waals surface area contributed by atoms with E-state index in [1.165, 1.54) is 16.7 Å². The van der Waals surface area contributed by atoms with E-state index in [4.69, 9.17) is 4.42 Å². The standard InChI is InChI=1S/C13H17N3O4S/c1-16-11-3-2-10(8-12(11)20-13(16)17)21(18,19)15-9-4-6-14-7-5-9/h2-3,8-9,14-15H,4-7H2,1H3. The minimum Gasteiger partial charge on any atom is -0.408 e. The Morgan fingerprint density at radius 2 is 2.05 bits per heavy atom. The maximum absolute atomic E-state index is 12.4. The van der Waals surface area contributed by atoms with E-state index >= 15 is 0 Å². The van der Waals surface area contributed by atoms with E-state index in [1.54, 1.807) is 13.1 Å². The zero-order chi connectivity index (χ0) is 15.0. The van der Waals surface area contributed by atoms with Crippen molar-refractivity contribution in [2.24, 2.45) is 7.05 Å². The van der Waals surface area contributed by atoms with Crippen molar-refractivity contribution < 1.29 is 12.8 Å². The lowest BCUT2D eigenvalue weighted by Gasteiger charge is -2.23. The van der Waals surface area contributed by atoms with Gasteiger partial charge in [-0.05, 0) is 38.1 Å². The van der Waals surface area contributed by atoms with E-state index in [2.05, 4.69) is 10.0 Å². The van der Waals surface area contributed by atoms with E-state index < -0.39 is 15.8 Å². The van der Waals surface area contributed by atoms with Crippen molar-refractivity contribution >= 4 is 21.1 Å². The molecule has 3 rings (SSSR count). The van der Waals surface area contributed by atoms with E-state index in [9.17, 15) is 13.2 Å². The second-order valence-electron chi connectivity index (χ2n) is 5.20. The van der Waals surface area contributed by atoms with Gasteiger partial charge in [0.1, 0.15) is 0 Å². The summed E-state index contributed by atoms with van der Waals surface area (Å²) in [5.74, 6) is -0.508. The first-order valence-electron chi connectivity index (χ1n) is 6.80. The Morgan fingerprint density at radius 1 is 1.33 bits per heavy atom. The number of benzene rings is 1. The summed E-state index contributed by atoms with van der Waals surface area (Å²) in [6.07, 6.45) is 1.53. The number of nitrogens with one attached hydrogen (secondary N) is 2. The van der Waals surface area contributed by atoms with Gasteiger partial charge < -0.3 is 9.73 Å². The fraction of sp³-hybridized carbons (Fsp3) is 0.462. The summed E-state index contributed by atoms with van der Waals surface area (Å²) in [6, 6.07) is 4.40. The maximum atomic E-state index is 12.4. The van der Waals surface area contributed by atoms with Crippen LogP contribution in [0.15, 0.2) is 32.3 Å². The number of aryl methyl sites for hydroxylation is 1. The Bertz CT molecular complexity index is 816. The lowest BCUT2D eigenvalue weighted by molar-refractivity contribution is 0.427. The summed E-state index contributed by atoms with van der Waals surface area (Å²) >= 11 is 0. The predicted octanol–water partition coefficient (Wildman–Crippen LogP) is 0.162. The molecule has 0 amide bonds. The largest absolute Gasteiger partial charge is 0.419 e. The van der Waals surface area contributed by atoms with Gasteiger partial charge in [0, 0.05) is 19.2 Å². The van der Waals surface area contributed by atoms with Crippen molar-refractivity contribution in [1.82, 2.24) is 14.6 Å². The molecule has 0 unspecified atom stereocenters. The molecule has 2 heterocycles. The van der Waals surface area contributed by atoms with Gasteiger partial charge in [0.25, 0.3) is 0 Å². The quantitative estimate of drug-likeness (QED) is 0.842. The van der Waals surface area contributed by atoms with Crippen molar-refractivity contribution in [3.8, 4) is 0 Å². The second-order valence-corrected chi connectivity index (χ2v) is 6.92. The highest BCUT2D eigenvalue weighted by Gasteiger charge is 2.22. The number of hydrogen-bond acceptors (Lipinski definition) is 5. The number of oxazole rings is 1. The van der Waals surface area contributed by atoms with Gasteiger partial charge in [-0.25, -0.2) is 17.9 Å². The monoisotopic (exact) mass is 311 g/mol. The molecular formula is C13H17N3O4S. The third-order valence-electron chi connectivity index (χ3n) is 3.74. The van der Waals surface area contributed by atoms with E-state index in [0.717, 1.165) is 25.9 Å². The van der Waals surface area contributed by atoms with Crippen LogP contribution in [-0.4, -0.2) is 32.1 Å². The highest BCUT2D eigenvalue weighted by molar-refractivity contribution is 7.89. The number of piperidine rings is 1. The first kappa shape index (κ1) is 14.3. The molecule has 0 atom stereocenters. The average molecular weight is 311 g/mol. The molecule has 2 aromatic rings. The summed E-state index contributed by atoms with van der Waals surface area (Å²) in [5.41, 5.74) is 0.844. The average Bonchev–Trinajstić information content (AvgIpc) is 2.74. The molecule has 21 heavy (non-hydrogen) atoms. The topological polar surface area (TPSA) is 93.3 Å². The van der Waals surface area contributed by atoms with Crippen molar-refractivity contribution in [3.05, 3.63) is 28.7 Å². The molecule has 2 N–H and O–H groups in total. The van der Waals surface area contributed by atoms with Gasteiger partial charge in [0.2, 0.25) is 10.0 Å². The predicted molar refractivity (Wildman–Crippen MR) is 77.7 cm³/mol. The number of nitrogens with zero attached hydrogens (tertiary/aromatic N) is 1. The number of aromatic nitrogens is 1. The van der Waals surface area contributed by atoms with Gasteiger partial charge in [0.15, 0.2) is 5.58 Å². The van der Waals surface area contributed by atoms with Gasteiger partial charge in [0.05, 0.1) is 10.4 Å². The molecule has 1 aromatic carbocycles. The molecule has 0 bridgehead atoms. The maximum Gasteiger partial charge on any atom is 0.419 e. The van der Waals surface area contributed by atoms with Crippen LogP contribution in [0.25, 0.3) is 11.1 Å². The molecule has 1 aromatic heterocycles. The highest BCUT2D eigenvalue weighted by Crippen LogP contribution is 2.19. The normalized spacial score (nSPS) is 17.4. The fourth-order valence-electron chi connectivity index (χ4n) is 2.51. The molecule has 8 heteroatoms. The molecule has 0 aliphatic carbocycles. The van der Waals surface area contributed by atoms with E-state index in [1.807, 2.05) is 0 Å². The summed E-state index contributed by atoms with van der Waals surface area (Å²) in [6.45, 7) is 1.61. The first-order chi connectivity index (χ1) is 9.97. The van der Waals surface area contributed by atoms with Crippen LogP contribution in [0.1, 0.15) is 12.8 Å². The van der Waals surface area contributed by atoms with Crippen molar-refractivity contribution in [3.63, 3.8) is 0 Å². The number of rotatable bonds is 3. The minimum absolute atomic E-state index is 0.0604. The van der Waals surface area contributed by atoms with Crippen LogP contribution in [0.3, 0.4) is 0 Å². The van der Waals surface area contributed by atoms with Crippen LogP contribution in [-0.2, 0) is 17.1 Å². The number of hydrogen-bond donors (Lipinski definition) is 2. The van der Waals surface area contributed by atoms with E-state index in [0.29, 0.717) is 5.52 Å². The second kappa shape index (κ2) is 5.28. The number of sulfonamides is 1. The Labute approximate surface area is 122 Å². The lowest BCUT2D eigenvalue weighted by Crippen LogP contribution is -2.42. The molecule has 1 aliphatic rings. The smallest absolute Gasteiger partial charge is 0.408 e. The summed E-state index contributed by atoms with van der Waals surface area (Å²) < 4.78 is 33.8. The summed E-state index contributed by atoms with van der Waals surface area (Å²) in [5, 5.41) is 3.19. The molecule has 0 spiro atoms. The van der Waals surface area contributed by atoms with Gasteiger partial charge in [-0.3, -0.25) is 4.57 Å². The van der Waals surface area contributed by atoms with Crippen LogP contribution in [0.5, 0.6) is 0 Å². The van der Waals surface area contributed by atoms with E-state index in [-0.39, 0.29) is 16.5 Å². The highest BCUT2D eigenvalue weighted by atomic mass is 32.2. The lowest BCUT2D eigenvalue weighted by atomic mass is 10.1. The fourth-order valence-corrected chi connectivity index (χ4v) is 3.83. The van der Waals surface area contributed by atoms with Crippen molar-refractivity contribution in [2.75, 3.05) is 13.1 Å². The van der Waals surface area contributed by atoms with Crippen LogP contribution in [0.2, 0.25) is 0 Å². The zero-order valence-electron chi connectivity index (χ0n) is 11.6. The SMILES string of the molecule is Cn1c(=O)oc2cc(S(=O)(=O)NC3CCNCC3)ccc21. The zero-order valence-corrected chi connectivity index (χ0v) is 12.4. The van der Waals surface area contributed by atoms with Crippen LogP contribution in [0.4, 0.5) is 0 Å². The molecule has 0 radical (unpaired) electrons. The summed E-state index contributed by atoms with van der Waals surface area (Å²) in [4.78, 5) is 11.6. The number of fused-ring (bicyclic) bond motifs is 1. The minimum atomic E-state index is -3.60. The molecule has 114 valence electrons. The molecule has 0 saturated carbocycles. The summed E-state index contributed by atoms with van der Waals surface area (Å²) in [7, 11) is -2.03. The van der Waals surface area contributed by atoms with Crippen LogP contribution < -0.4 is 15.8 Å². The molecule has 1 fully saturated rings. The third-order valence-corrected chi connectivity index (χ3v) is 5.25. The molecule has 7 nitrogen and oxygen atoms in total. The molecule has 1 saturated heterocycles. The van der Waals surface area contributed by atoms with Gasteiger partial charge in [-0.2, -0.15) is 0 Å². The van der Waals surface area contributed by atoms with Gasteiger partial charge >= 0.3 is 5.76 Å². The Balaban J connectivity index is 1.92. The third kappa shape index (κ3) is 2.74. The first-order valence-corrected chi connectivity index (χ1v) is 8.28. The molecular weight excluding hydrogens is 294 g/mol. The Morgan fingerprint density at radius 3 is 2.76 bits per heavy atom. The Kier molecular flexibility index (Phi) is 3.60. The molecule has 1 aliphatic heterocycles. The van der Waals surface area contributed by atoms with Crippen LogP contribution >= 0.6 is 0 Å². The van der Waals surface area contributed by atoms with Gasteiger partial charge in [-0.1, -0.05) is 0 Å². The van der Waals surface area contributed by atoms with Gasteiger partial charge in [-0.15, -0.1) is 0 Å². The van der Waals surface area contributed by atoms with Crippen LogP contribution in [0, 0.1) is 0 Å².